The van der Waals surface area contributed by atoms with Crippen LogP contribution >= 0.6 is 0 Å². The van der Waals surface area contributed by atoms with Gasteiger partial charge in [0.15, 0.2) is 0 Å². The molecule has 71 heavy (non-hydrogen) atoms. The summed E-state index contributed by atoms with van der Waals surface area (Å²) in [7, 11) is 0. The van der Waals surface area contributed by atoms with Gasteiger partial charge >= 0.3 is 17.9 Å². The molecular weight excluding hydrogens is 931 g/mol. The van der Waals surface area contributed by atoms with Crippen molar-refractivity contribution in [2.75, 3.05) is 13.1 Å². The van der Waals surface area contributed by atoms with Gasteiger partial charge in [0.1, 0.15) is 48.0 Å². The van der Waals surface area contributed by atoms with E-state index in [0.29, 0.717) is 12.0 Å². The Labute approximate surface area is 412 Å². The van der Waals surface area contributed by atoms with Crippen molar-refractivity contribution in [2.24, 2.45) is 29.4 Å². The molecule has 0 aromatic heterocycles. The van der Waals surface area contributed by atoms with Crippen molar-refractivity contribution >= 4 is 65.2 Å². The summed E-state index contributed by atoms with van der Waals surface area (Å²) in [6, 6.07) is -4.82. The quantitative estimate of drug-likeness (QED) is 0.0463. The first-order valence-corrected chi connectivity index (χ1v) is 23.7. The Bertz CT molecular complexity index is 2060. The highest BCUT2D eigenvalue weighted by atomic mass is 16.4. The fraction of sp³-hybridized carbons (Fsp3) is 0.638. The number of nitrogens with zero attached hydrogens (tertiary/aromatic N) is 1. The van der Waals surface area contributed by atoms with E-state index in [0.717, 1.165) is 0 Å². The zero-order valence-electron chi connectivity index (χ0n) is 41.6. The molecule has 13 N–H and O–H groups in total. The fourth-order valence-corrected chi connectivity index (χ4v) is 7.65. The summed E-state index contributed by atoms with van der Waals surface area (Å²) in [4.78, 5) is 144. The summed E-state index contributed by atoms with van der Waals surface area (Å²) in [5.41, 5.74) is 6.40. The molecule has 0 spiro atoms. The van der Waals surface area contributed by atoms with E-state index in [1.54, 1.807) is 55.4 Å². The average molecular weight is 1000 g/mol. The SMILES string of the molecule is CC(C)C[C@H](NC(=O)CNC(=O)[C@H](CC(C)C)NC(=O)[C@H](Cc1ccc(O)cc1)NC(=O)[C@@H](N)CCC(=O)O)C(=O)N[C@@H](CC(=O)O)C(=O)N[C@H](C(=O)N1CCC[C@H]1C(=O)N[C@H](C(=O)O)C(C)C)C(C)C. The third-order valence-electron chi connectivity index (χ3n) is 11.4. The summed E-state index contributed by atoms with van der Waals surface area (Å²) in [6.07, 6.45) is -1.02. The number of hydrogen-bond donors (Lipinski definition) is 12. The van der Waals surface area contributed by atoms with Crippen molar-refractivity contribution in [1.82, 2.24) is 42.1 Å². The smallest absolute Gasteiger partial charge is 0.326 e. The zero-order valence-corrected chi connectivity index (χ0v) is 41.6. The van der Waals surface area contributed by atoms with Gasteiger partial charge in [-0.3, -0.25) is 47.9 Å². The standard InChI is InChI=1S/C47H73N9O15/c1-23(2)18-30(52-43(66)32(20-27-11-13-28(57)14-12-27)51-40(63)29(48)15-16-36(59)60)41(64)49-22-35(58)50-31(19-24(3)4)42(65)53-33(21-37(61)62)44(67)54-38(25(5)6)46(69)56-17-9-10-34(56)45(68)55-39(26(7)8)47(70)71/h11-14,23-26,29-34,38-39,57H,9-10,15-22,48H2,1-8H3,(H,49,64)(H,50,58)(H,51,63)(H,52,66)(H,53,65)(H,54,67)(H,55,68)(H,59,60)(H,61,62)(H,70,71)/t29-,30-,31-,32-,33-,34-,38-,39-/m0/s1. The molecule has 0 radical (unpaired) electrons. The van der Waals surface area contributed by atoms with Crippen LogP contribution in [0.2, 0.25) is 0 Å². The van der Waals surface area contributed by atoms with Crippen LogP contribution < -0.4 is 43.0 Å². The van der Waals surface area contributed by atoms with Crippen molar-refractivity contribution in [2.45, 2.75) is 155 Å². The molecule has 1 fully saturated rings. The van der Waals surface area contributed by atoms with Crippen molar-refractivity contribution < 1.29 is 73.2 Å². The van der Waals surface area contributed by atoms with Gasteiger partial charge in [-0.25, -0.2) is 4.79 Å². The largest absolute Gasteiger partial charge is 0.508 e. The van der Waals surface area contributed by atoms with Gasteiger partial charge in [0.25, 0.3) is 0 Å². The third-order valence-corrected chi connectivity index (χ3v) is 11.4. The molecule has 24 heteroatoms. The maximum atomic E-state index is 13.9. The first-order valence-electron chi connectivity index (χ1n) is 23.7. The lowest BCUT2D eigenvalue weighted by molar-refractivity contribution is -0.146. The minimum absolute atomic E-state index is 0.0157. The molecule has 24 nitrogen and oxygen atoms in total. The third kappa shape index (κ3) is 20.6. The molecule has 1 aliphatic heterocycles. The lowest BCUT2D eigenvalue weighted by Gasteiger charge is -2.32. The predicted molar refractivity (Wildman–Crippen MR) is 254 cm³/mol. The highest BCUT2D eigenvalue weighted by Gasteiger charge is 2.41. The van der Waals surface area contributed by atoms with E-state index < -0.39 is 145 Å². The maximum absolute atomic E-state index is 13.9. The van der Waals surface area contributed by atoms with E-state index >= 15 is 0 Å². The number of aromatic hydroxyl groups is 1. The molecule has 396 valence electrons. The number of nitrogens with two attached hydrogens (primary N) is 1. The van der Waals surface area contributed by atoms with Crippen LogP contribution in [-0.4, -0.2) is 152 Å². The molecule has 8 amide bonds. The number of carboxylic acids is 3. The van der Waals surface area contributed by atoms with E-state index in [2.05, 4.69) is 37.2 Å². The van der Waals surface area contributed by atoms with Gasteiger partial charge in [-0.1, -0.05) is 67.5 Å². The number of carbonyl (C=O) groups excluding carboxylic acids is 8. The molecule has 1 aromatic rings. The predicted octanol–water partition coefficient (Wildman–Crippen LogP) is -0.894. The Balaban J connectivity index is 2.24. The Hall–Kier alpha value is -6.85. The fourth-order valence-electron chi connectivity index (χ4n) is 7.65. The van der Waals surface area contributed by atoms with Crippen LogP contribution in [0.15, 0.2) is 24.3 Å². The van der Waals surface area contributed by atoms with Crippen molar-refractivity contribution in [3.8, 4) is 5.75 Å². The maximum Gasteiger partial charge on any atom is 0.326 e. The number of hydrogen-bond acceptors (Lipinski definition) is 13. The minimum Gasteiger partial charge on any atom is -0.508 e. The average Bonchev–Trinajstić information content (AvgIpc) is 3.77. The summed E-state index contributed by atoms with van der Waals surface area (Å²) >= 11 is 0. The highest BCUT2D eigenvalue weighted by Crippen LogP contribution is 2.22. The number of amides is 8. The lowest BCUT2D eigenvalue weighted by Crippen LogP contribution is -2.60. The Morgan fingerprint density at radius 1 is 0.634 bits per heavy atom. The van der Waals surface area contributed by atoms with Crippen LogP contribution in [0.25, 0.3) is 0 Å². The first kappa shape index (κ1) is 60.3. The molecule has 1 aliphatic rings. The van der Waals surface area contributed by atoms with Crippen molar-refractivity contribution in [3.05, 3.63) is 29.8 Å². The number of phenols is 1. The van der Waals surface area contributed by atoms with Gasteiger partial charge in [0, 0.05) is 19.4 Å². The molecule has 2 rings (SSSR count). The number of benzene rings is 1. The van der Waals surface area contributed by atoms with Gasteiger partial charge in [-0.2, -0.15) is 0 Å². The number of carboxylic acid groups (broad SMARTS) is 3. The van der Waals surface area contributed by atoms with E-state index in [4.69, 9.17) is 10.8 Å². The Morgan fingerprint density at radius 2 is 1.15 bits per heavy atom. The molecule has 1 aromatic carbocycles. The second-order valence-electron chi connectivity index (χ2n) is 19.3. The number of rotatable bonds is 29. The zero-order chi connectivity index (χ0) is 53.9. The summed E-state index contributed by atoms with van der Waals surface area (Å²) in [6.45, 7) is 12.8. The molecule has 0 saturated carbocycles. The number of aliphatic carboxylic acids is 3. The molecular formula is C47H73N9O15. The molecule has 0 bridgehead atoms. The van der Waals surface area contributed by atoms with Crippen molar-refractivity contribution in [1.29, 1.82) is 0 Å². The molecule has 0 aliphatic carbocycles. The summed E-state index contributed by atoms with van der Waals surface area (Å²) in [5, 5.41) is 55.5. The van der Waals surface area contributed by atoms with Crippen molar-refractivity contribution in [3.63, 3.8) is 0 Å². The van der Waals surface area contributed by atoms with Gasteiger partial charge < -0.3 is 68.3 Å². The second-order valence-corrected chi connectivity index (χ2v) is 19.3. The minimum atomic E-state index is -1.76. The number of carbonyl (C=O) groups is 11. The summed E-state index contributed by atoms with van der Waals surface area (Å²) < 4.78 is 0. The topological polar surface area (TPSA) is 382 Å². The Kier molecular flexibility index (Phi) is 24.4. The van der Waals surface area contributed by atoms with Crippen LogP contribution in [0.3, 0.4) is 0 Å². The number of phenolic OH excluding ortho intramolecular Hbond substituents is 1. The van der Waals surface area contributed by atoms with Crippen LogP contribution in [0.5, 0.6) is 5.75 Å². The van der Waals surface area contributed by atoms with E-state index in [-0.39, 0.29) is 56.2 Å². The van der Waals surface area contributed by atoms with Crippen LogP contribution in [0.4, 0.5) is 0 Å². The van der Waals surface area contributed by atoms with Gasteiger partial charge in [-0.15, -0.1) is 0 Å². The van der Waals surface area contributed by atoms with Gasteiger partial charge in [-0.05, 0) is 73.5 Å². The molecule has 0 unspecified atom stereocenters. The monoisotopic (exact) mass is 1000 g/mol. The molecule has 1 saturated heterocycles. The number of likely N-dealkylation sites (tertiary alicyclic amines) is 1. The summed E-state index contributed by atoms with van der Waals surface area (Å²) in [5.74, 6) is -12.2. The molecule has 8 atom stereocenters. The van der Waals surface area contributed by atoms with Gasteiger partial charge in [0.2, 0.25) is 47.3 Å². The van der Waals surface area contributed by atoms with Crippen LogP contribution in [-0.2, 0) is 59.2 Å². The van der Waals surface area contributed by atoms with E-state index in [1.165, 1.54) is 29.2 Å². The van der Waals surface area contributed by atoms with Gasteiger partial charge in [0.05, 0.1) is 19.0 Å². The van der Waals surface area contributed by atoms with E-state index in [9.17, 15) is 68.1 Å². The normalized spacial score (nSPS) is 16.4. The Morgan fingerprint density at radius 3 is 1.68 bits per heavy atom. The van der Waals surface area contributed by atoms with Crippen LogP contribution in [0, 0.1) is 23.7 Å². The number of nitrogens with one attached hydrogen (secondary N) is 7. The first-order chi connectivity index (χ1) is 33.1. The van der Waals surface area contributed by atoms with Crippen LogP contribution in [0.1, 0.15) is 106 Å². The molecule has 1 heterocycles. The lowest BCUT2D eigenvalue weighted by atomic mass is 10.00. The second kappa shape index (κ2) is 28.7. The highest BCUT2D eigenvalue weighted by molar-refractivity contribution is 5.98. The van der Waals surface area contributed by atoms with E-state index in [1.807, 2.05) is 0 Å².